The van der Waals surface area contributed by atoms with Crippen molar-refractivity contribution in [3.8, 4) is 0 Å². The van der Waals surface area contributed by atoms with Gasteiger partial charge in [0.2, 0.25) is 11.8 Å². The summed E-state index contributed by atoms with van der Waals surface area (Å²) >= 11 is 0. The Morgan fingerprint density at radius 3 is 2.32 bits per heavy atom. The van der Waals surface area contributed by atoms with Crippen LogP contribution in [-0.4, -0.2) is 50.2 Å². The average Bonchev–Trinajstić information content (AvgIpc) is 2.86. The SMILES string of the molecule is CCC(=O)NS(=O)(=O)c1cccc(C(=O)N[C@@H](C(=O)N2CCC(c3ccc(C)cc3)C(C)(C)C2)C(C)C)c1. The summed E-state index contributed by atoms with van der Waals surface area (Å²) in [6.07, 6.45) is 0.834. The van der Waals surface area contributed by atoms with Crippen molar-refractivity contribution in [3.63, 3.8) is 0 Å². The first kappa shape index (κ1) is 29.4. The molecule has 2 aromatic rings. The molecule has 1 unspecified atom stereocenters. The summed E-state index contributed by atoms with van der Waals surface area (Å²) in [6, 6.07) is 13.2. The number of nitrogens with zero attached hydrogens (tertiary/aromatic N) is 1. The van der Waals surface area contributed by atoms with Crippen LogP contribution in [0.1, 0.15) is 74.9 Å². The van der Waals surface area contributed by atoms with Gasteiger partial charge in [0.05, 0.1) is 4.90 Å². The number of hydrogen-bond donors (Lipinski definition) is 2. The molecule has 206 valence electrons. The van der Waals surface area contributed by atoms with Crippen molar-refractivity contribution in [3.05, 3.63) is 65.2 Å². The highest BCUT2D eigenvalue weighted by molar-refractivity contribution is 7.90. The third kappa shape index (κ3) is 6.81. The molecule has 0 aromatic heterocycles. The summed E-state index contributed by atoms with van der Waals surface area (Å²) in [5.74, 6) is -1.20. The van der Waals surface area contributed by atoms with Crippen molar-refractivity contribution in [1.29, 1.82) is 0 Å². The van der Waals surface area contributed by atoms with Gasteiger partial charge in [-0.3, -0.25) is 14.4 Å². The molecule has 1 aliphatic rings. The Balaban J connectivity index is 1.75. The number of benzene rings is 2. The fourth-order valence-corrected chi connectivity index (χ4v) is 6.08. The zero-order valence-electron chi connectivity index (χ0n) is 23.1. The average molecular weight is 542 g/mol. The first-order chi connectivity index (χ1) is 17.7. The van der Waals surface area contributed by atoms with Crippen LogP contribution in [0, 0.1) is 18.3 Å². The van der Waals surface area contributed by atoms with Crippen LogP contribution < -0.4 is 10.0 Å². The molecule has 9 heteroatoms. The Labute approximate surface area is 226 Å². The van der Waals surface area contributed by atoms with Crippen molar-refractivity contribution in [2.75, 3.05) is 13.1 Å². The number of amides is 3. The molecule has 1 saturated heterocycles. The molecule has 1 heterocycles. The topological polar surface area (TPSA) is 113 Å². The maximum atomic E-state index is 13.6. The minimum atomic E-state index is -4.10. The Kier molecular flexibility index (Phi) is 9.02. The number of nitrogens with one attached hydrogen (secondary N) is 2. The summed E-state index contributed by atoms with van der Waals surface area (Å²) in [6.45, 7) is 12.8. The monoisotopic (exact) mass is 541 g/mol. The minimum Gasteiger partial charge on any atom is -0.340 e. The molecule has 2 atom stereocenters. The zero-order valence-corrected chi connectivity index (χ0v) is 23.9. The van der Waals surface area contributed by atoms with Crippen LogP contribution >= 0.6 is 0 Å². The van der Waals surface area contributed by atoms with E-state index in [-0.39, 0.29) is 34.1 Å². The Morgan fingerprint density at radius 1 is 1.08 bits per heavy atom. The first-order valence-corrected chi connectivity index (χ1v) is 14.6. The fraction of sp³-hybridized carbons (Fsp3) is 0.483. The summed E-state index contributed by atoms with van der Waals surface area (Å²) in [5.41, 5.74) is 2.42. The van der Waals surface area contributed by atoms with Crippen LogP contribution in [0.5, 0.6) is 0 Å². The van der Waals surface area contributed by atoms with Crippen LogP contribution in [0.2, 0.25) is 0 Å². The molecular weight excluding hydrogens is 502 g/mol. The van der Waals surface area contributed by atoms with Crippen LogP contribution in [-0.2, 0) is 19.6 Å². The second kappa shape index (κ2) is 11.7. The van der Waals surface area contributed by atoms with Gasteiger partial charge in [0.1, 0.15) is 6.04 Å². The summed E-state index contributed by atoms with van der Waals surface area (Å²) < 4.78 is 27.0. The summed E-state index contributed by atoms with van der Waals surface area (Å²) in [7, 11) is -4.10. The van der Waals surface area contributed by atoms with E-state index in [9.17, 15) is 22.8 Å². The van der Waals surface area contributed by atoms with Crippen molar-refractivity contribution in [2.45, 2.75) is 71.2 Å². The molecule has 0 radical (unpaired) electrons. The Bertz CT molecular complexity index is 1290. The van der Waals surface area contributed by atoms with E-state index < -0.39 is 27.9 Å². The fourth-order valence-electron chi connectivity index (χ4n) is 4.98. The van der Waals surface area contributed by atoms with E-state index in [2.05, 4.69) is 50.4 Å². The van der Waals surface area contributed by atoms with Gasteiger partial charge in [-0.05, 0) is 54.4 Å². The first-order valence-electron chi connectivity index (χ1n) is 13.1. The molecule has 0 bridgehead atoms. The normalized spacial score (nSPS) is 18.1. The number of hydrogen-bond acceptors (Lipinski definition) is 5. The van der Waals surface area contributed by atoms with Gasteiger partial charge in [-0.25, -0.2) is 13.1 Å². The van der Waals surface area contributed by atoms with E-state index in [4.69, 9.17) is 0 Å². The number of rotatable bonds is 8. The van der Waals surface area contributed by atoms with E-state index in [1.165, 1.54) is 35.4 Å². The molecular formula is C29H39N3O5S. The van der Waals surface area contributed by atoms with Gasteiger partial charge in [0.15, 0.2) is 0 Å². The lowest BCUT2D eigenvalue weighted by Crippen LogP contribution is -2.55. The minimum absolute atomic E-state index is 0.0106. The lowest BCUT2D eigenvalue weighted by Gasteiger charge is -2.45. The molecule has 0 aliphatic carbocycles. The van der Waals surface area contributed by atoms with Gasteiger partial charge >= 0.3 is 0 Å². The molecule has 2 aromatic carbocycles. The Hall–Kier alpha value is -3.20. The van der Waals surface area contributed by atoms with Crippen molar-refractivity contribution in [2.24, 2.45) is 11.3 Å². The second-order valence-electron chi connectivity index (χ2n) is 11.1. The van der Waals surface area contributed by atoms with E-state index >= 15 is 0 Å². The molecule has 0 spiro atoms. The predicted molar refractivity (Wildman–Crippen MR) is 147 cm³/mol. The molecule has 8 nitrogen and oxygen atoms in total. The largest absolute Gasteiger partial charge is 0.340 e. The van der Waals surface area contributed by atoms with Crippen LogP contribution in [0.3, 0.4) is 0 Å². The van der Waals surface area contributed by atoms with Gasteiger partial charge in [-0.15, -0.1) is 0 Å². The van der Waals surface area contributed by atoms with Crippen LogP contribution in [0.15, 0.2) is 53.4 Å². The van der Waals surface area contributed by atoms with E-state index in [1.807, 2.05) is 23.5 Å². The van der Waals surface area contributed by atoms with Gasteiger partial charge in [0, 0.05) is 25.1 Å². The number of carbonyl (C=O) groups is 3. The number of aryl methyl sites for hydroxylation is 1. The molecule has 1 aliphatic heterocycles. The van der Waals surface area contributed by atoms with Crippen molar-refractivity contribution in [1.82, 2.24) is 14.9 Å². The van der Waals surface area contributed by atoms with Gasteiger partial charge < -0.3 is 10.2 Å². The van der Waals surface area contributed by atoms with E-state index in [0.29, 0.717) is 19.0 Å². The van der Waals surface area contributed by atoms with Gasteiger partial charge in [0.25, 0.3) is 15.9 Å². The lowest BCUT2D eigenvalue weighted by molar-refractivity contribution is -0.138. The molecule has 2 N–H and O–H groups in total. The van der Waals surface area contributed by atoms with E-state index in [1.54, 1.807) is 6.92 Å². The highest BCUT2D eigenvalue weighted by Gasteiger charge is 2.40. The number of sulfonamides is 1. The molecule has 1 fully saturated rings. The lowest BCUT2D eigenvalue weighted by atomic mass is 9.70. The number of piperidine rings is 1. The van der Waals surface area contributed by atoms with E-state index in [0.717, 1.165) is 6.42 Å². The molecule has 3 amide bonds. The molecule has 38 heavy (non-hydrogen) atoms. The Morgan fingerprint density at radius 2 is 1.74 bits per heavy atom. The number of carbonyl (C=O) groups excluding carboxylic acids is 3. The smallest absolute Gasteiger partial charge is 0.264 e. The molecule has 0 saturated carbocycles. The zero-order chi connectivity index (χ0) is 28.3. The quantitative estimate of drug-likeness (QED) is 0.525. The highest BCUT2D eigenvalue weighted by atomic mass is 32.2. The van der Waals surface area contributed by atoms with Crippen LogP contribution in [0.4, 0.5) is 0 Å². The van der Waals surface area contributed by atoms with Crippen LogP contribution in [0.25, 0.3) is 0 Å². The predicted octanol–water partition coefficient (Wildman–Crippen LogP) is 4.01. The summed E-state index contributed by atoms with van der Waals surface area (Å²) in [4.78, 5) is 40.0. The van der Waals surface area contributed by atoms with Crippen molar-refractivity contribution >= 4 is 27.7 Å². The number of likely N-dealkylation sites (tertiary alicyclic amines) is 1. The standard InChI is InChI=1S/C29H39N3O5S/c1-7-25(33)31-38(36,37)23-10-8-9-22(17-23)27(34)30-26(19(2)3)28(35)32-16-15-24(29(5,6)18-32)21-13-11-20(4)12-14-21/h8-14,17,19,24,26H,7,15-16,18H2,1-6H3,(H,30,34)(H,31,33)/t24?,26-/m1/s1. The van der Waals surface area contributed by atoms with Crippen molar-refractivity contribution < 1.29 is 22.8 Å². The van der Waals surface area contributed by atoms with Gasteiger partial charge in [-0.2, -0.15) is 0 Å². The maximum Gasteiger partial charge on any atom is 0.264 e. The highest BCUT2D eigenvalue weighted by Crippen LogP contribution is 2.42. The van der Waals surface area contributed by atoms with Gasteiger partial charge in [-0.1, -0.05) is 70.5 Å². The third-order valence-electron chi connectivity index (χ3n) is 7.22. The maximum absolute atomic E-state index is 13.6. The second-order valence-corrected chi connectivity index (χ2v) is 12.8. The molecule has 3 rings (SSSR count). The summed E-state index contributed by atoms with van der Waals surface area (Å²) in [5, 5.41) is 2.82. The third-order valence-corrected chi connectivity index (χ3v) is 8.59.